The standard InChI is InChI=1S/C20H28N2S/c1-4-11-22(12-5-2)17-10-9-16-7-6-8-18(19(16)14-17)20-13-15(3)21-23-20/h6-8,13,17H,4-5,9-12,14H2,1-3H3. The highest BCUT2D eigenvalue weighted by molar-refractivity contribution is 7.09. The molecule has 1 aliphatic rings. The summed E-state index contributed by atoms with van der Waals surface area (Å²) < 4.78 is 4.49. The van der Waals surface area contributed by atoms with Crippen molar-refractivity contribution in [3.63, 3.8) is 0 Å². The summed E-state index contributed by atoms with van der Waals surface area (Å²) in [5.74, 6) is 0. The predicted octanol–water partition coefficient (Wildman–Crippen LogP) is 5.10. The van der Waals surface area contributed by atoms with E-state index in [0.29, 0.717) is 6.04 Å². The zero-order chi connectivity index (χ0) is 16.2. The van der Waals surface area contributed by atoms with Crippen LogP contribution in [0.4, 0.5) is 0 Å². The molecule has 0 fully saturated rings. The molecule has 1 aliphatic carbocycles. The molecular weight excluding hydrogens is 300 g/mol. The van der Waals surface area contributed by atoms with E-state index in [-0.39, 0.29) is 0 Å². The van der Waals surface area contributed by atoms with E-state index < -0.39 is 0 Å². The molecule has 2 aromatic rings. The molecule has 0 spiro atoms. The maximum Gasteiger partial charge on any atom is 0.0555 e. The van der Waals surface area contributed by atoms with Crippen molar-refractivity contribution in [2.24, 2.45) is 0 Å². The van der Waals surface area contributed by atoms with Crippen LogP contribution >= 0.6 is 11.5 Å². The largest absolute Gasteiger partial charge is 0.300 e. The van der Waals surface area contributed by atoms with Gasteiger partial charge in [0.25, 0.3) is 0 Å². The second-order valence-electron chi connectivity index (χ2n) is 6.71. The van der Waals surface area contributed by atoms with Crippen LogP contribution in [0.25, 0.3) is 10.4 Å². The number of hydrogen-bond acceptors (Lipinski definition) is 3. The molecule has 1 aromatic heterocycles. The second kappa shape index (κ2) is 7.59. The number of aromatic nitrogens is 1. The Balaban J connectivity index is 1.89. The molecule has 1 heterocycles. The molecule has 1 unspecified atom stereocenters. The van der Waals surface area contributed by atoms with Gasteiger partial charge < -0.3 is 4.90 Å². The highest BCUT2D eigenvalue weighted by Crippen LogP contribution is 2.35. The number of fused-ring (bicyclic) bond motifs is 1. The van der Waals surface area contributed by atoms with Gasteiger partial charge in [-0.3, -0.25) is 0 Å². The van der Waals surface area contributed by atoms with Gasteiger partial charge in [-0.2, -0.15) is 4.37 Å². The summed E-state index contributed by atoms with van der Waals surface area (Å²) in [5.41, 5.74) is 5.68. The normalized spacial score (nSPS) is 17.5. The molecule has 3 heteroatoms. The quantitative estimate of drug-likeness (QED) is 0.733. The Labute approximate surface area is 144 Å². The molecule has 124 valence electrons. The van der Waals surface area contributed by atoms with E-state index in [1.165, 1.54) is 55.6 Å². The van der Waals surface area contributed by atoms with Crippen LogP contribution in [0.5, 0.6) is 0 Å². The van der Waals surface area contributed by atoms with Gasteiger partial charge in [0.15, 0.2) is 0 Å². The average molecular weight is 329 g/mol. The molecule has 0 radical (unpaired) electrons. The van der Waals surface area contributed by atoms with Crippen molar-refractivity contribution in [1.29, 1.82) is 0 Å². The summed E-state index contributed by atoms with van der Waals surface area (Å²) in [6.07, 6.45) is 6.22. The smallest absolute Gasteiger partial charge is 0.0555 e. The Kier molecular flexibility index (Phi) is 5.50. The Morgan fingerprint density at radius 1 is 1.22 bits per heavy atom. The van der Waals surface area contributed by atoms with Crippen molar-refractivity contribution in [2.45, 2.75) is 58.9 Å². The minimum absolute atomic E-state index is 0.706. The first-order valence-corrected chi connectivity index (χ1v) is 9.78. The summed E-state index contributed by atoms with van der Waals surface area (Å²) in [6, 6.07) is 9.78. The van der Waals surface area contributed by atoms with E-state index in [1.54, 1.807) is 22.7 Å². The van der Waals surface area contributed by atoms with Gasteiger partial charge in [-0.05, 0) is 86.4 Å². The minimum Gasteiger partial charge on any atom is -0.300 e. The molecular formula is C20H28N2S. The first-order chi connectivity index (χ1) is 11.2. The third-order valence-electron chi connectivity index (χ3n) is 4.89. The van der Waals surface area contributed by atoms with Crippen LogP contribution in [0.3, 0.4) is 0 Å². The molecule has 1 aromatic carbocycles. The molecule has 0 saturated carbocycles. The van der Waals surface area contributed by atoms with Gasteiger partial charge in [0.05, 0.1) is 10.6 Å². The van der Waals surface area contributed by atoms with Crippen molar-refractivity contribution in [3.8, 4) is 10.4 Å². The lowest BCUT2D eigenvalue weighted by Crippen LogP contribution is -2.40. The Hall–Kier alpha value is -1.19. The topological polar surface area (TPSA) is 16.1 Å². The molecule has 0 saturated heterocycles. The van der Waals surface area contributed by atoms with Gasteiger partial charge in [0, 0.05) is 6.04 Å². The number of aryl methyl sites for hydroxylation is 2. The van der Waals surface area contributed by atoms with Crippen LogP contribution in [0.15, 0.2) is 24.3 Å². The van der Waals surface area contributed by atoms with Crippen LogP contribution in [0.1, 0.15) is 49.9 Å². The lowest BCUT2D eigenvalue weighted by molar-refractivity contribution is 0.180. The van der Waals surface area contributed by atoms with Crippen LogP contribution in [-0.2, 0) is 12.8 Å². The maximum atomic E-state index is 4.49. The average Bonchev–Trinajstić information content (AvgIpc) is 3.00. The zero-order valence-corrected chi connectivity index (χ0v) is 15.5. The molecule has 0 amide bonds. The van der Waals surface area contributed by atoms with Crippen molar-refractivity contribution in [3.05, 3.63) is 41.1 Å². The van der Waals surface area contributed by atoms with E-state index in [4.69, 9.17) is 0 Å². The van der Waals surface area contributed by atoms with Crippen molar-refractivity contribution >= 4 is 11.5 Å². The van der Waals surface area contributed by atoms with Gasteiger partial charge in [-0.15, -0.1) is 0 Å². The van der Waals surface area contributed by atoms with E-state index in [2.05, 4.69) is 54.3 Å². The minimum atomic E-state index is 0.706. The third-order valence-corrected chi connectivity index (χ3v) is 5.80. The van der Waals surface area contributed by atoms with E-state index in [9.17, 15) is 0 Å². The highest BCUT2D eigenvalue weighted by Gasteiger charge is 2.25. The third kappa shape index (κ3) is 3.67. The number of hydrogen-bond donors (Lipinski definition) is 0. The fourth-order valence-electron chi connectivity index (χ4n) is 3.85. The van der Waals surface area contributed by atoms with Gasteiger partial charge in [0.2, 0.25) is 0 Å². The predicted molar refractivity (Wildman–Crippen MR) is 100 cm³/mol. The van der Waals surface area contributed by atoms with Crippen LogP contribution < -0.4 is 0 Å². The molecule has 2 nitrogen and oxygen atoms in total. The zero-order valence-electron chi connectivity index (χ0n) is 14.6. The lowest BCUT2D eigenvalue weighted by Gasteiger charge is -2.35. The molecule has 0 N–H and O–H groups in total. The monoisotopic (exact) mass is 328 g/mol. The van der Waals surface area contributed by atoms with Gasteiger partial charge in [0.1, 0.15) is 0 Å². The van der Waals surface area contributed by atoms with Gasteiger partial charge in [-0.1, -0.05) is 32.0 Å². The number of rotatable bonds is 6. The fourth-order valence-corrected chi connectivity index (χ4v) is 4.66. The first kappa shape index (κ1) is 16.7. The SMILES string of the molecule is CCCN(CCC)C1CCc2cccc(-c3cc(C)ns3)c2C1. The fraction of sp³-hybridized carbons (Fsp3) is 0.550. The van der Waals surface area contributed by atoms with E-state index in [1.807, 2.05) is 0 Å². The molecule has 3 rings (SSSR count). The van der Waals surface area contributed by atoms with Crippen LogP contribution in [-0.4, -0.2) is 28.4 Å². The molecule has 23 heavy (non-hydrogen) atoms. The summed E-state index contributed by atoms with van der Waals surface area (Å²) in [5, 5.41) is 0. The summed E-state index contributed by atoms with van der Waals surface area (Å²) in [4.78, 5) is 4.05. The summed E-state index contributed by atoms with van der Waals surface area (Å²) in [7, 11) is 0. The highest BCUT2D eigenvalue weighted by atomic mass is 32.1. The van der Waals surface area contributed by atoms with Gasteiger partial charge >= 0.3 is 0 Å². The molecule has 0 bridgehead atoms. The molecule has 0 aliphatic heterocycles. The van der Waals surface area contributed by atoms with Crippen molar-refractivity contribution in [2.75, 3.05) is 13.1 Å². The maximum absolute atomic E-state index is 4.49. The Morgan fingerprint density at radius 3 is 2.65 bits per heavy atom. The summed E-state index contributed by atoms with van der Waals surface area (Å²) in [6.45, 7) is 9.14. The van der Waals surface area contributed by atoms with E-state index in [0.717, 1.165) is 5.69 Å². The summed E-state index contributed by atoms with van der Waals surface area (Å²) >= 11 is 1.64. The van der Waals surface area contributed by atoms with Gasteiger partial charge in [-0.25, -0.2) is 0 Å². The number of nitrogens with zero attached hydrogens (tertiary/aromatic N) is 2. The van der Waals surface area contributed by atoms with Crippen molar-refractivity contribution in [1.82, 2.24) is 9.27 Å². The lowest BCUT2D eigenvalue weighted by atomic mass is 9.84. The second-order valence-corrected chi connectivity index (χ2v) is 7.51. The molecule has 1 atom stereocenters. The van der Waals surface area contributed by atoms with Crippen molar-refractivity contribution < 1.29 is 0 Å². The Morgan fingerprint density at radius 2 is 2.00 bits per heavy atom. The van der Waals surface area contributed by atoms with Crippen LogP contribution in [0.2, 0.25) is 0 Å². The number of benzene rings is 1. The van der Waals surface area contributed by atoms with E-state index >= 15 is 0 Å². The van der Waals surface area contributed by atoms with Crippen LogP contribution in [0, 0.1) is 6.92 Å². The first-order valence-electron chi connectivity index (χ1n) is 9.01. The Bertz CT molecular complexity index is 641.